The molecule has 1 unspecified atom stereocenters. The molecule has 0 radical (unpaired) electrons. The van der Waals surface area contributed by atoms with E-state index in [-0.39, 0.29) is 18.4 Å². The number of hydrogen-bond acceptors (Lipinski definition) is 4. The summed E-state index contributed by atoms with van der Waals surface area (Å²) in [6.45, 7) is 4.48. The quantitative estimate of drug-likeness (QED) is 0.355. The van der Waals surface area contributed by atoms with Crippen molar-refractivity contribution in [1.82, 2.24) is 9.80 Å². The van der Waals surface area contributed by atoms with Crippen LogP contribution in [0.15, 0.2) is 78.9 Å². The van der Waals surface area contributed by atoms with Gasteiger partial charge in [-0.1, -0.05) is 74.0 Å². The molecule has 1 heterocycles. The highest BCUT2D eigenvalue weighted by molar-refractivity contribution is 5.97. The van der Waals surface area contributed by atoms with Crippen molar-refractivity contribution in [3.63, 3.8) is 0 Å². The topological polar surface area (TPSA) is 59.1 Å². The van der Waals surface area contributed by atoms with Crippen molar-refractivity contribution >= 4 is 11.8 Å². The Morgan fingerprint density at radius 2 is 1.61 bits per heavy atom. The molecule has 0 saturated carbocycles. The third-order valence-electron chi connectivity index (χ3n) is 7.07. The maximum Gasteiger partial charge on any atom is 0.254 e. The third kappa shape index (κ3) is 7.01. The predicted molar refractivity (Wildman–Crippen MR) is 149 cm³/mol. The molecule has 3 aromatic carbocycles. The minimum Gasteiger partial charge on any atom is -0.496 e. The van der Waals surface area contributed by atoms with E-state index < -0.39 is 6.04 Å². The Labute approximate surface area is 226 Å². The molecule has 4 rings (SSSR count). The number of aryl methyl sites for hydroxylation is 1. The maximum absolute atomic E-state index is 14.2. The smallest absolute Gasteiger partial charge is 0.254 e. The minimum atomic E-state index is -0.673. The van der Waals surface area contributed by atoms with Gasteiger partial charge in [0.2, 0.25) is 5.91 Å². The number of nitrogens with zero attached hydrogens (tertiary/aromatic N) is 2. The molecule has 200 valence electrons. The molecular formula is C32H38N2O4. The van der Waals surface area contributed by atoms with Gasteiger partial charge < -0.3 is 19.3 Å². The molecule has 0 aliphatic carbocycles. The number of rotatable bonds is 11. The van der Waals surface area contributed by atoms with Crippen molar-refractivity contribution < 1.29 is 19.1 Å². The molecule has 1 aliphatic rings. The molecule has 1 saturated heterocycles. The minimum absolute atomic E-state index is 0.0556. The number of morpholine rings is 1. The summed E-state index contributed by atoms with van der Waals surface area (Å²) in [4.78, 5) is 31.8. The standard InChI is InChI=1S/C32H38N2O4/c1-3-4-10-25-15-17-27(18-16-25)31(35)34(24-28-13-8-9-14-30(28)37-2)29(23-26-11-6-5-7-12-26)32(36)33-19-21-38-22-20-33/h5-9,11-18,29H,3-4,10,19-24H2,1-2H3. The van der Waals surface area contributed by atoms with Gasteiger partial charge in [0.05, 0.1) is 26.9 Å². The molecule has 0 aromatic heterocycles. The summed E-state index contributed by atoms with van der Waals surface area (Å²) in [6.07, 6.45) is 3.65. The van der Waals surface area contributed by atoms with Crippen molar-refractivity contribution in [1.29, 1.82) is 0 Å². The Morgan fingerprint density at radius 1 is 0.921 bits per heavy atom. The zero-order valence-electron chi connectivity index (χ0n) is 22.5. The van der Waals surface area contributed by atoms with Gasteiger partial charge in [-0.05, 0) is 42.2 Å². The number of benzene rings is 3. The van der Waals surface area contributed by atoms with Gasteiger partial charge in [-0.25, -0.2) is 0 Å². The van der Waals surface area contributed by atoms with Crippen LogP contribution in [0.5, 0.6) is 5.75 Å². The molecule has 38 heavy (non-hydrogen) atoms. The third-order valence-corrected chi connectivity index (χ3v) is 7.07. The van der Waals surface area contributed by atoms with Gasteiger partial charge in [-0.3, -0.25) is 9.59 Å². The zero-order chi connectivity index (χ0) is 26.7. The fourth-order valence-corrected chi connectivity index (χ4v) is 4.86. The van der Waals surface area contributed by atoms with Crippen molar-refractivity contribution in [2.24, 2.45) is 0 Å². The largest absolute Gasteiger partial charge is 0.496 e. The second-order valence-electron chi connectivity index (χ2n) is 9.69. The monoisotopic (exact) mass is 514 g/mol. The average molecular weight is 515 g/mol. The lowest BCUT2D eigenvalue weighted by atomic mass is 10.00. The highest BCUT2D eigenvalue weighted by Gasteiger charge is 2.35. The first-order chi connectivity index (χ1) is 18.6. The molecule has 6 heteroatoms. The van der Waals surface area contributed by atoms with Crippen LogP contribution in [-0.2, 0) is 28.9 Å². The normalized spacial score (nSPS) is 14.1. The molecule has 1 atom stereocenters. The molecule has 2 amide bonds. The molecular weight excluding hydrogens is 476 g/mol. The number of unbranched alkanes of at least 4 members (excludes halogenated alkanes) is 1. The first-order valence-corrected chi connectivity index (χ1v) is 13.5. The molecule has 0 spiro atoms. The predicted octanol–water partition coefficient (Wildman–Crippen LogP) is 5.15. The first-order valence-electron chi connectivity index (χ1n) is 13.5. The van der Waals surface area contributed by atoms with Gasteiger partial charge in [0.25, 0.3) is 5.91 Å². The van der Waals surface area contributed by atoms with Crippen LogP contribution in [0.2, 0.25) is 0 Å². The molecule has 6 nitrogen and oxygen atoms in total. The van der Waals surface area contributed by atoms with E-state index >= 15 is 0 Å². The fraction of sp³-hybridized carbons (Fsp3) is 0.375. The number of hydrogen-bond donors (Lipinski definition) is 0. The van der Waals surface area contributed by atoms with Crippen LogP contribution in [-0.4, -0.2) is 61.1 Å². The van der Waals surface area contributed by atoms with E-state index in [4.69, 9.17) is 9.47 Å². The lowest BCUT2D eigenvalue weighted by Gasteiger charge is -2.36. The average Bonchev–Trinajstić information content (AvgIpc) is 2.98. The molecule has 1 aliphatic heterocycles. The van der Waals surface area contributed by atoms with Gasteiger partial charge in [0.15, 0.2) is 0 Å². The van der Waals surface area contributed by atoms with Crippen LogP contribution in [0.4, 0.5) is 0 Å². The van der Waals surface area contributed by atoms with Crippen LogP contribution < -0.4 is 4.74 Å². The summed E-state index contributed by atoms with van der Waals surface area (Å²) in [5.41, 5.74) is 3.65. The van der Waals surface area contributed by atoms with Gasteiger partial charge in [0.1, 0.15) is 11.8 Å². The van der Waals surface area contributed by atoms with Gasteiger partial charge in [-0.15, -0.1) is 0 Å². The Morgan fingerprint density at radius 3 is 2.29 bits per heavy atom. The summed E-state index contributed by atoms with van der Waals surface area (Å²) in [5.74, 6) is 0.470. The SMILES string of the molecule is CCCCc1ccc(C(=O)N(Cc2ccccc2OC)C(Cc2ccccc2)C(=O)N2CCOCC2)cc1. The summed E-state index contributed by atoms with van der Waals surface area (Å²) in [5, 5.41) is 0. The van der Waals surface area contributed by atoms with E-state index in [0.29, 0.717) is 44.0 Å². The summed E-state index contributed by atoms with van der Waals surface area (Å²) >= 11 is 0. The highest BCUT2D eigenvalue weighted by Crippen LogP contribution is 2.25. The van der Waals surface area contributed by atoms with E-state index in [9.17, 15) is 9.59 Å². The Bertz CT molecular complexity index is 1170. The summed E-state index contributed by atoms with van der Waals surface area (Å²) in [7, 11) is 1.63. The summed E-state index contributed by atoms with van der Waals surface area (Å²) < 4.78 is 11.1. The number of para-hydroxylation sites is 1. The Kier molecular flexibility index (Phi) is 9.93. The molecule has 1 fully saturated rings. The maximum atomic E-state index is 14.2. The molecule has 3 aromatic rings. The van der Waals surface area contributed by atoms with Crippen LogP contribution in [0.3, 0.4) is 0 Å². The van der Waals surface area contributed by atoms with E-state index in [0.717, 1.165) is 30.4 Å². The highest BCUT2D eigenvalue weighted by atomic mass is 16.5. The number of carbonyl (C=O) groups excluding carboxylic acids is 2. The lowest BCUT2D eigenvalue weighted by molar-refractivity contribution is -0.140. The van der Waals surface area contributed by atoms with Gasteiger partial charge >= 0.3 is 0 Å². The van der Waals surface area contributed by atoms with Gasteiger partial charge in [-0.2, -0.15) is 0 Å². The summed E-state index contributed by atoms with van der Waals surface area (Å²) in [6, 6.07) is 24.7. The van der Waals surface area contributed by atoms with Crippen molar-refractivity contribution in [3.05, 3.63) is 101 Å². The van der Waals surface area contributed by atoms with Gasteiger partial charge in [0, 0.05) is 30.6 Å². The fourth-order valence-electron chi connectivity index (χ4n) is 4.86. The van der Waals surface area contributed by atoms with Crippen molar-refractivity contribution in [2.45, 2.75) is 45.2 Å². The van der Waals surface area contributed by atoms with E-state index in [1.54, 1.807) is 12.0 Å². The molecule has 0 bridgehead atoms. The first kappa shape index (κ1) is 27.4. The lowest BCUT2D eigenvalue weighted by Crippen LogP contribution is -2.54. The van der Waals surface area contributed by atoms with Crippen LogP contribution in [0.25, 0.3) is 0 Å². The Balaban J connectivity index is 1.72. The Hall–Kier alpha value is -3.64. The van der Waals surface area contributed by atoms with E-state index in [2.05, 4.69) is 6.92 Å². The van der Waals surface area contributed by atoms with Crippen LogP contribution >= 0.6 is 0 Å². The zero-order valence-corrected chi connectivity index (χ0v) is 22.5. The van der Waals surface area contributed by atoms with E-state index in [1.165, 1.54) is 5.56 Å². The number of amides is 2. The van der Waals surface area contributed by atoms with Crippen molar-refractivity contribution in [2.75, 3.05) is 33.4 Å². The second-order valence-corrected chi connectivity index (χ2v) is 9.69. The van der Waals surface area contributed by atoms with Crippen LogP contribution in [0.1, 0.15) is 46.8 Å². The number of ether oxygens (including phenoxy) is 2. The number of methoxy groups -OCH3 is 1. The van der Waals surface area contributed by atoms with Crippen LogP contribution in [0, 0.1) is 0 Å². The van der Waals surface area contributed by atoms with E-state index in [1.807, 2.05) is 83.8 Å². The second kappa shape index (κ2) is 13.8. The molecule has 0 N–H and O–H groups in total. The number of carbonyl (C=O) groups is 2. The van der Waals surface area contributed by atoms with Crippen molar-refractivity contribution in [3.8, 4) is 5.75 Å².